The van der Waals surface area contributed by atoms with E-state index in [9.17, 15) is 4.79 Å². The lowest BCUT2D eigenvalue weighted by Gasteiger charge is -2.09. The van der Waals surface area contributed by atoms with Crippen molar-refractivity contribution in [3.05, 3.63) is 28.8 Å². The van der Waals surface area contributed by atoms with Crippen molar-refractivity contribution < 1.29 is 14.3 Å². The summed E-state index contributed by atoms with van der Waals surface area (Å²) in [5.41, 5.74) is 1.41. The molecule has 19 heavy (non-hydrogen) atoms. The highest BCUT2D eigenvalue weighted by Gasteiger charge is 2.12. The van der Waals surface area contributed by atoms with Gasteiger partial charge < -0.3 is 9.47 Å². The van der Waals surface area contributed by atoms with E-state index in [0.717, 1.165) is 21.7 Å². The molecule has 5 heteroatoms. The molecule has 0 fully saturated rings. The third-order valence-electron chi connectivity index (χ3n) is 2.65. The molecule has 1 aromatic carbocycles. The second-order valence-electron chi connectivity index (χ2n) is 3.88. The Kier molecular flexibility index (Phi) is 4.16. The van der Waals surface area contributed by atoms with Crippen LogP contribution in [0.25, 0.3) is 10.6 Å². The normalized spacial score (nSPS) is 10.3. The summed E-state index contributed by atoms with van der Waals surface area (Å²) < 4.78 is 10.8. The fraction of sp³-hybridized carbons (Fsp3) is 0.286. The summed E-state index contributed by atoms with van der Waals surface area (Å²) in [6, 6.07) is 5.65. The molecule has 0 saturated heterocycles. The molecule has 100 valence electrons. The Morgan fingerprint density at radius 1 is 1.37 bits per heavy atom. The van der Waals surface area contributed by atoms with E-state index in [2.05, 4.69) is 4.98 Å². The molecule has 0 radical (unpaired) electrons. The molecule has 0 unspecified atom stereocenters. The van der Waals surface area contributed by atoms with Gasteiger partial charge in [0, 0.05) is 10.4 Å². The van der Waals surface area contributed by atoms with E-state index in [1.165, 1.54) is 11.3 Å². The van der Waals surface area contributed by atoms with Crippen LogP contribution in [-0.2, 0) is 0 Å². The number of thiazole rings is 1. The van der Waals surface area contributed by atoms with Crippen LogP contribution in [0.1, 0.15) is 22.3 Å². The van der Waals surface area contributed by atoms with Crippen LogP contribution < -0.4 is 9.47 Å². The molecule has 0 N–H and O–H groups in total. The minimum Gasteiger partial charge on any atom is -0.493 e. The fourth-order valence-corrected chi connectivity index (χ4v) is 2.59. The van der Waals surface area contributed by atoms with E-state index >= 15 is 0 Å². The van der Waals surface area contributed by atoms with E-state index in [1.54, 1.807) is 7.11 Å². The lowest BCUT2D eigenvalue weighted by atomic mass is 10.2. The van der Waals surface area contributed by atoms with E-state index in [1.807, 2.05) is 32.0 Å². The van der Waals surface area contributed by atoms with Crippen molar-refractivity contribution in [3.8, 4) is 22.1 Å². The molecule has 0 aliphatic heterocycles. The SMILES string of the molecule is CCOc1ccc(-c2nc(C=O)c(C)s2)cc1OC. The van der Waals surface area contributed by atoms with Crippen molar-refractivity contribution in [2.24, 2.45) is 0 Å². The third-order valence-corrected chi connectivity index (χ3v) is 3.69. The summed E-state index contributed by atoms with van der Waals surface area (Å²) in [4.78, 5) is 16.1. The van der Waals surface area contributed by atoms with Gasteiger partial charge in [0.05, 0.1) is 13.7 Å². The number of hydrogen-bond donors (Lipinski definition) is 0. The maximum absolute atomic E-state index is 10.8. The van der Waals surface area contributed by atoms with Gasteiger partial charge in [-0.25, -0.2) is 4.98 Å². The first-order valence-electron chi connectivity index (χ1n) is 5.93. The number of nitrogens with zero attached hydrogens (tertiary/aromatic N) is 1. The Balaban J connectivity index is 2.41. The molecular weight excluding hydrogens is 262 g/mol. The van der Waals surface area contributed by atoms with Crippen molar-refractivity contribution in [2.75, 3.05) is 13.7 Å². The van der Waals surface area contributed by atoms with Crippen molar-refractivity contribution in [3.63, 3.8) is 0 Å². The molecule has 1 aromatic heterocycles. The lowest BCUT2D eigenvalue weighted by Crippen LogP contribution is -1.95. The van der Waals surface area contributed by atoms with Crippen molar-refractivity contribution >= 4 is 17.6 Å². The number of aldehydes is 1. The molecule has 4 nitrogen and oxygen atoms in total. The fourth-order valence-electron chi connectivity index (χ4n) is 1.72. The molecule has 2 aromatic rings. The highest BCUT2D eigenvalue weighted by atomic mass is 32.1. The van der Waals surface area contributed by atoms with Gasteiger partial charge in [0.25, 0.3) is 0 Å². The number of methoxy groups -OCH3 is 1. The Labute approximate surface area is 116 Å². The summed E-state index contributed by atoms with van der Waals surface area (Å²) in [7, 11) is 1.60. The van der Waals surface area contributed by atoms with E-state index < -0.39 is 0 Å². The Morgan fingerprint density at radius 3 is 2.74 bits per heavy atom. The van der Waals surface area contributed by atoms with Gasteiger partial charge in [0.15, 0.2) is 17.8 Å². The van der Waals surface area contributed by atoms with Crippen LogP contribution in [0.15, 0.2) is 18.2 Å². The molecule has 0 spiro atoms. The highest BCUT2D eigenvalue weighted by molar-refractivity contribution is 7.15. The third kappa shape index (κ3) is 2.76. The Bertz CT molecular complexity index is 592. The van der Waals surface area contributed by atoms with Crippen molar-refractivity contribution in [2.45, 2.75) is 13.8 Å². The summed E-state index contributed by atoms with van der Waals surface area (Å²) in [6.07, 6.45) is 0.779. The first-order valence-corrected chi connectivity index (χ1v) is 6.75. The van der Waals surface area contributed by atoms with Crippen LogP contribution in [0.5, 0.6) is 11.5 Å². The molecule has 2 rings (SSSR count). The van der Waals surface area contributed by atoms with Gasteiger partial charge in [0.1, 0.15) is 10.7 Å². The molecule has 0 saturated carbocycles. The number of rotatable bonds is 5. The molecule has 0 bridgehead atoms. The molecule has 1 heterocycles. The summed E-state index contributed by atoms with van der Waals surface area (Å²) in [5, 5.41) is 0.806. The first kappa shape index (κ1) is 13.5. The van der Waals surface area contributed by atoms with Gasteiger partial charge in [0.2, 0.25) is 0 Å². The molecular formula is C14H15NO3S. The summed E-state index contributed by atoms with van der Waals surface area (Å²) in [6.45, 7) is 4.39. The van der Waals surface area contributed by atoms with Gasteiger partial charge in [-0.3, -0.25) is 4.79 Å². The topological polar surface area (TPSA) is 48.4 Å². The predicted molar refractivity (Wildman–Crippen MR) is 75.4 cm³/mol. The minimum absolute atomic E-state index is 0.493. The summed E-state index contributed by atoms with van der Waals surface area (Å²) >= 11 is 1.49. The number of aryl methyl sites for hydroxylation is 1. The van der Waals surface area contributed by atoms with Gasteiger partial charge >= 0.3 is 0 Å². The van der Waals surface area contributed by atoms with Crippen LogP contribution in [0.3, 0.4) is 0 Å². The van der Waals surface area contributed by atoms with Gasteiger partial charge in [-0.2, -0.15) is 0 Å². The Morgan fingerprint density at radius 2 is 2.16 bits per heavy atom. The highest BCUT2D eigenvalue weighted by Crippen LogP contribution is 2.34. The van der Waals surface area contributed by atoms with E-state index in [-0.39, 0.29) is 0 Å². The number of aromatic nitrogens is 1. The van der Waals surface area contributed by atoms with Crippen molar-refractivity contribution in [1.82, 2.24) is 4.98 Å². The maximum Gasteiger partial charge on any atom is 0.169 e. The molecule has 0 aliphatic rings. The number of hydrogen-bond acceptors (Lipinski definition) is 5. The average molecular weight is 277 g/mol. The van der Waals surface area contributed by atoms with E-state index in [4.69, 9.17) is 9.47 Å². The largest absolute Gasteiger partial charge is 0.493 e. The smallest absolute Gasteiger partial charge is 0.169 e. The zero-order chi connectivity index (χ0) is 13.8. The maximum atomic E-state index is 10.8. The second kappa shape index (κ2) is 5.84. The number of carbonyl (C=O) groups excluding carboxylic acids is 1. The molecule has 0 aliphatic carbocycles. The van der Waals surface area contributed by atoms with Crippen LogP contribution in [0.2, 0.25) is 0 Å². The minimum atomic E-state index is 0.493. The van der Waals surface area contributed by atoms with Gasteiger partial charge in [-0.1, -0.05) is 0 Å². The Hall–Kier alpha value is -1.88. The standard InChI is InChI=1S/C14H15NO3S/c1-4-18-12-6-5-10(7-13(12)17-3)14-15-11(8-16)9(2)19-14/h5-8H,4H2,1-3H3. The number of ether oxygens (including phenoxy) is 2. The van der Waals surface area contributed by atoms with Crippen LogP contribution in [-0.4, -0.2) is 25.0 Å². The number of carbonyl (C=O) groups is 1. The van der Waals surface area contributed by atoms with Crippen LogP contribution in [0.4, 0.5) is 0 Å². The lowest BCUT2D eigenvalue weighted by molar-refractivity contribution is 0.111. The zero-order valence-electron chi connectivity index (χ0n) is 11.1. The quantitative estimate of drug-likeness (QED) is 0.786. The van der Waals surface area contributed by atoms with Gasteiger partial charge in [-0.05, 0) is 32.0 Å². The van der Waals surface area contributed by atoms with Crippen LogP contribution in [0, 0.1) is 6.92 Å². The second-order valence-corrected chi connectivity index (χ2v) is 5.08. The average Bonchev–Trinajstić information content (AvgIpc) is 2.80. The molecule has 0 amide bonds. The van der Waals surface area contributed by atoms with E-state index in [0.29, 0.717) is 23.8 Å². The zero-order valence-corrected chi connectivity index (χ0v) is 11.9. The predicted octanol–water partition coefficient (Wildman–Crippen LogP) is 3.34. The molecule has 0 atom stereocenters. The van der Waals surface area contributed by atoms with Crippen molar-refractivity contribution in [1.29, 1.82) is 0 Å². The monoisotopic (exact) mass is 277 g/mol. The van der Waals surface area contributed by atoms with Gasteiger partial charge in [-0.15, -0.1) is 11.3 Å². The summed E-state index contributed by atoms with van der Waals surface area (Å²) in [5.74, 6) is 1.37. The van der Waals surface area contributed by atoms with Crippen LogP contribution >= 0.6 is 11.3 Å². The first-order chi connectivity index (χ1) is 9.19. The number of benzene rings is 1.